The molecule has 0 saturated heterocycles. The Hall–Kier alpha value is -0.200. The van der Waals surface area contributed by atoms with Gasteiger partial charge in [0.2, 0.25) is 0 Å². The van der Waals surface area contributed by atoms with Crippen LogP contribution in [0.1, 0.15) is 13.8 Å². The summed E-state index contributed by atoms with van der Waals surface area (Å²) in [5.41, 5.74) is 0. The standard InChI is InChI=1S/C10H24N2O3/c1-3-11-5-9(13)7-15-8-10(14)6-12-4-2/h9-14H,3-8H2,1-2H3/p+2/t9-,10-/m1/s1. The van der Waals surface area contributed by atoms with Gasteiger partial charge in [0, 0.05) is 0 Å². The maximum absolute atomic E-state index is 9.42. The molecule has 0 aromatic carbocycles. The first-order valence-corrected chi connectivity index (χ1v) is 5.77. The molecule has 0 bridgehead atoms. The molecule has 5 heteroatoms. The summed E-state index contributed by atoms with van der Waals surface area (Å²) in [4.78, 5) is 0. The molecule has 2 atom stereocenters. The Balaban J connectivity index is 3.27. The van der Waals surface area contributed by atoms with E-state index in [2.05, 4.69) is 0 Å². The van der Waals surface area contributed by atoms with Crippen molar-refractivity contribution in [2.45, 2.75) is 26.1 Å². The fraction of sp³-hybridized carbons (Fsp3) is 1.00. The summed E-state index contributed by atoms with van der Waals surface area (Å²) in [5, 5.41) is 22.9. The molecule has 0 unspecified atom stereocenters. The van der Waals surface area contributed by atoms with Crippen LogP contribution >= 0.6 is 0 Å². The molecule has 0 spiro atoms. The summed E-state index contributed by atoms with van der Waals surface area (Å²) in [6, 6.07) is 0. The normalized spacial score (nSPS) is 15.2. The molecule has 0 aliphatic heterocycles. The van der Waals surface area contributed by atoms with E-state index in [1.807, 2.05) is 24.5 Å². The fourth-order valence-corrected chi connectivity index (χ4v) is 1.19. The SMILES string of the molecule is CC[NH2+]C[C@@H](O)COC[C@H](O)C[NH2+]CC. The van der Waals surface area contributed by atoms with Crippen molar-refractivity contribution in [2.24, 2.45) is 0 Å². The van der Waals surface area contributed by atoms with Gasteiger partial charge in [-0.15, -0.1) is 0 Å². The zero-order valence-corrected chi connectivity index (χ0v) is 9.85. The first-order chi connectivity index (χ1) is 7.20. The lowest BCUT2D eigenvalue weighted by Gasteiger charge is -2.12. The molecule has 92 valence electrons. The zero-order chi connectivity index (χ0) is 11.5. The predicted octanol–water partition coefficient (Wildman–Crippen LogP) is -3.11. The van der Waals surface area contributed by atoms with E-state index in [0.29, 0.717) is 26.3 Å². The third-order valence-corrected chi connectivity index (χ3v) is 2.08. The van der Waals surface area contributed by atoms with Crippen molar-refractivity contribution in [3.63, 3.8) is 0 Å². The number of aliphatic hydroxyl groups is 2. The molecule has 0 saturated carbocycles. The molecule has 0 rings (SSSR count). The Morgan fingerprint density at radius 3 is 1.67 bits per heavy atom. The van der Waals surface area contributed by atoms with E-state index in [1.165, 1.54) is 0 Å². The zero-order valence-electron chi connectivity index (χ0n) is 9.85. The van der Waals surface area contributed by atoms with Crippen molar-refractivity contribution >= 4 is 0 Å². The molecule has 0 aromatic heterocycles. The van der Waals surface area contributed by atoms with Crippen molar-refractivity contribution in [2.75, 3.05) is 39.4 Å². The maximum atomic E-state index is 9.42. The van der Waals surface area contributed by atoms with Crippen molar-refractivity contribution in [3.8, 4) is 0 Å². The van der Waals surface area contributed by atoms with Crippen LogP contribution in [0.3, 0.4) is 0 Å². The minimum atomic E-state index is -0.438. The molecule has 0 amide bonds. The number of rotatable bonds is 10. The van der Waals surface area contributed by atoms with Gasteiger partial charge in [0.1, 0.15) is 25.3 Å². The lowest BCUT2D eigenvalue weighted by molar-refractivity contribution is -0.659. The van der Waals surface area contributed by atoms with E-state index < -0.39 is 12.2 Å². The van der Waals surface area contributed by atoms with Crippen LogP contribution in [0, 0.1) is 0 Å². The molecular formula is C10H26N2O3+2. The summed E-state index contributed by atoms with van der Waals surface area (Å²) in [5.74, 6) is 0. The van der Waals surface area contributed by atoms with Crippen LogP contribution in [-0.4, -0.2) is 61.8 Å². The predicted molar refractivity (Wildman–Crippen MR) is 57.5 cm³/mol. The second-order valence-corrected chi connectivity index (χ2v) is 3.71. The van der Waals surface area contributed by atoms with Crippen LogP contribution in [0.5, 0.6) is 0 Å². The van der Waals surface area contributed by atoms with Gasteiger partial charge in [0.15, 0.2) is 0 Å². The van der Waals surface area contributed by atoms with Gasteiger partial charge in [-0.05, 0) is 13.8 Å². The summed E-state index contributed by atoms with van der Waals surface area (Å²) >= 11 is 0. The van der Waals surface area contributed by atoms with Crippen LogP contribution < -0.4 is 10.6 Å². The van der Waals surface area contributed by atoms with E-state index in [0.717, 1.165) is 13.1 Å². The molecule has 5 nitrogen and oxygen atoms in total. The molecule has 0 aliphatic rings. The first kappa shape index (κ1) is 14.8. The highest BCUT2D eigenvalue weighted by atomic mass is 16.5. The summed E-state index contributed by atoms with van der Waals surface area (Å²) in [6.07, 6.45) is -0.875. The topological polar surface area (TPSA) is 82.9 Å². The van der Waals surface area contributed by atoms with Gasteiger partial charge < -0.3 is 25.6 Å². The number of hydrogen-bond donors (Lipinski definition) is 4. The Morgan fingerprint density at radius 1 is 0.933 bits per heavy atom. The van der Waals surface area contributed by atoms with Crippen molar-refractivity contribution in [3.05, 3.63) is 0 Å². The van der Waals surface area contributed by atoms with Crippen LogP contribution in [-0.2, 0) is 4.74 Å². The second kappa shape index (κ2) is 10.3. The number of ether oxygens (including phenoxy) is 1. The molecule has 0 aromatic rings. The van der Waals surface area contributed by atoms with Gasteiger partial charge in [0.05, 0.1) is 26.3 Å². The maximum Gasteiger partial charge on any atom is 0.126 e. The molecule has 15 heavy (non-hydrogen) atoms. The monoisotopic (exact) mass is 222 g/mol. The van der Waals surface area contributed by atoms with Crippen LogP contribution in [0.25, 0.3) is 0 Å². The van der Waals surface area contributed by atoms with Gasteiger partial charge in [0.25, 0.3) is 0 Å². The van der Waals surface area contributed by atoms with Crippen LogP contribution in [0.2, 0.25) is 0 Å². The highest BCUT2D eigenvalue weighted by molar-refractivity contribution is 4.52. The third-order valence-electron chi connectivity index (χ3n) is 2.08. The van der Waals surface area contributed by atoms with Crippen molar-refractivity contribution in [1.82, 2.24) is 0 Å². The molecule has 6 N–H and O–H groups in total. The number of likely N-dealkylation sites (N-methyl/N-ethyl adjacent to an activating group) is 2. The van der Waals surface area contributed by atoms with E-state index in [-0.39, 0.29) is 0 Å². The highest BCUT2D eigenvalue weighted by Gasteiger charge is 2.09. The number of nitrogens with two attached hydrogens (primary N) is 2. The lowest BCUT2D eigenvalue weighted by atomic mass is 10.3. The quantitative estimate of drug-likeness (QED) is 0.316. The van der Waals surface area contributed by atoms with Gasteiger partial charge in [-0.25, -0.2) is 0 Å². The largest absolute Gasteiger partial charge is 0.385 e. The van der Waals surface area contributed by atoms with Gasteiger partial charge in [-0.3, -0.25) is 0 Å². The smallest absolute Gasteiger partial charge is 0.126 e. The molecule has 0 fully saturated rings. The van der Waals surface area contributed by atoms with Gasteiger partial charge in [-0.1, -0.05) is 0 Å². The minimum absolute atomic E-state index is 0.305. The van der Waals surface area contributed by atoms with E-state index in [1.54, 1.807) is 0 Å². The summed E-state index contributed by atoms with van der Waals surface area (Å²) in [6.45, 7) is 7.94. The van der Waals surface area contributed by atoms with E-state index >= 15 is 0 Å². The second-order valence-electron chi connectivity index (χ2n) is 3.71. The lowest BCUT2D eigenvalue weighted by Crippen LogP contribution is -2.86. The minimum Gasteiger partial charge on any atom is -0.385 e. The molecule has 0 radical (unpaired) electrons. The first-order valence-electron chi connectivity index (χ1n) is 5.77. The fourth-order valence-electron chi connectivity index (χ4n) is 1.19. The Labute approximate surface area is 91.8 Å². The number of quaternary nitrogens is 2. The number of hydrogen-bond acceptors (Lipinski definition) is 3. The summed E-state index contributed by atoms with van der Waals surface area (Å²) < 4.78 is 5.21. The Kier molecular flexibility index (Phi) is 10.2. The molecular weight excluding hydrogens is 196 g/mol. The average Bonchev–Trinajstić information content (AvgIpc) is 2.23. The summed E-state index contributed by atoms with van der Waals surface area (Å²) in [7, 11) is 0. The van der Waals surface area contributed by atoms with E-state index in [9.17, 15) is 10.2 Å². The van der Waals surface area contributed by atoms with E-state index in [4.69, 9.17) is 4.74 Å². The van der Waals surface area contributed by atoms with Gasteiger partial charge in [-0.2, -0.15) is 0 Å². The Morgan fingerprint density at radius 2 is 1.33 bits per heavy atom. The average molecular weight is 222 g/mol. The van der Waals surface area contributed by atoms with Crippen LogP contribution in [0.15, 0.2) is 0 Å². The van der Waals surface area contributed by atoms with Crippen molar-refractivity contribution in [1.29, 1.82) is 0 Å². The number of aliphatic hydroxyl groups excluding tert-OH is 2. The molecule has 0 heterocycles. The van der Waals surface area contributed by atoms with Crippen molar-refractivity contribution < 1.29 is 25.6 Å². The third kappa shape index (κ3) is 10.1. The highest BCUT2D eigenvalue weighted by Crippen LogP contribution is 1.85. The Bertz CT molecular complexity index is 122. The molecule has 0 aliphatic carbocycles. The van der Waals surface area contributed by atoms with Gasteiger partial charge >= 0.3 is 0 Å². The van der Waals surface area contributed by atoms with Crippen LogP contribution in [0.4, 0.5) is 0 Å².